The lowest BCUT2D eigenvalue weighted by atomic mass is 9.95. The highest BCUT2D eigenvalue weighted by molar-refractivity contribution is 7.12. The average molecular weight is 277 g/mol. The summed E-state index contributed by atoms with van der Waals surface area (Å²) in [7, 11) is 0. The van der Waals surface area contributed by atoms with Crippen molar-refractivity contribution in [2.24, 2.45) is 5.73 Å². The van der Waals surface area contributed by atoms with Gasteiger partial charge in [-0.3, -0.25) is 0 Å². The van der Waals surface area contributed by atoms with Crippen molar-refractivity contribution in [1.82, 2.24) is 0 Å². The van der Waals surface area contributed by atoms with Gasteiger partial charge in [0.15, 0.2) is 0 Å². The maximum atomic E-state index is 13.4. The van der Waals surface area contributed by atoms with Gasteiger partial charge < -0.3 is 5.73 Å². The number of rotatable bonds is 2. The quantitative estimate of drug-likeness (QED) is 0.856. The van der Waals surface area contributed by atoms with Gasteiger partial charge in [0.05, 0.1) is 6.04 Å². The summed E-state index contributed by atoms with van der Waals surface area (Å²) < 4.78 is 13.4. The Kier molecular flexibility index (Phi) is 3.79. The Labute approximate surface area is 118 Å². The van der Waals surface area contributed by atoms with E-state index < -0.39 is 0 Å². The predicted molar refractivity (Wildman–Crippen MR) is 80.2 cm³/mol. The van der Waals surface area contributed by atoms with Crippen LogP contribution in [0.25, 0.3) is 0 Å². The van der Waals surface area contributed by atoms with Crippen molar-refractivity contribution in [3.8, 4) is 0 Å². The summed E-state index contributed by atoms with van der Waals surface area (Å²) in [5.41, 5.74) is 8.30. The molecular formula is C16H20FNS. The Morgan fingerprint density at radius 2 is 1.84 bits per heavy atom. The molecule has 1 aromatic carbocycles. The molecular weight excluding hydrogens is 257 g/mol. The van der Waals surface area contributed by atoms with Crippen molar-refractivity contribution in [2.45, 2.75) is 39.2 Å². The van der Waals surface area contributed by atoms with E-state index in [-0.39, 0.29) is 17.3 Å². The third kappa shape index (κ3) is 3.04. The van der Waals surface area contributed by atoms with Gasteiger partial charge in [0.2, 0.25) is 0 Å². The molecule has 0 aliphatic rings. The summed E-state index contributed by atoms with van der Waals surface area (Å²) in [4.78, 5) is 2.38. The Bertz CT molecular complexity index is 581. The Morgan fingerprint density at radius 1 is 1.16 bits per heavy atom. The molecule has 0 bridgehead atoms. The standard InChI is InChI=1S/C16H20FNS/c1-10-5-6-11(17)9-12(10)15(18)13-7-8-14(19-13)16(2,3)4/h5-9,15H,18H2,1-4H3. The summed E-state index contributed by atoms with van der Waals surface area (Å²) in [5.74, 6) is -0.233. The minimum atomic E-state index is -0.253. The zero-order chi connectivity index (χ0) is 14.2. The summed E-state index contributed by atoms with van der Waals surface area (Å²) in [6, 6.07) is 8.71. The highest BCUT2D eigenvalue weighted by atomic mass is 32.1. The normalized spacial score (nSPS) is 13.6. The highest BCUT2D eigenvalue weighted by Gasteiger charge is 2.20. The molecule has 1 nitrogen and oxygen atoms in total. The van der Waals surface area contributed by atoms with Crippen LogP contribution in [0.5, 0.6) is 0 Å². The van der Waals surface area contributed by atoms with Crippen LogP contribution in [0.1, 0.15) is 47.7 Å². The molecule has 19 heavy (non-hydrogen) atoms. The first-order chi connectivity index (χ1) is 8.79. The maximum Gasteiger partial charge on any atom is 0.123 e. The second kappa shape index (κ2) is 5.06. The van der Waals surface area contributed by atoms with Crippen LogP contribution < -0.4 is 5.73 Å². The van der Waals surface area contributed by atoms with Crippen LogP contribution in [0.3, 0.4) is 0 Å². The van der Waals surface area contributed by atoms with Gasteiger partial charge in [-0.2, -0.15) is 0 Å². The molecule has 0 saturated heterocycles. The van der Waals surface area contributed by atoms with E-state index in [0.29, 0.717) is 0 Å². The molecule has 0 amide bonds. The molecule has 0 fully saturated rings. The van der Waals surface area contributed by atoms with E-state index in [1.807, 2.05) is 6.92 Å². The van der Waals surface area contributed by atoms with Crippen molar-refractivity contribution in [2.75, 3.05) is 0 Å². The predicted octanol–water partition coefficient (Wildman–Crippen LogP) is 4.54. The number of aryl methyl sites for hydroxylation is 1. The van der Waals surface area contributed by atoms with Crippen LogP contribution in [0.2, 0.25) is 0 Å². The molecule has 3 heteroatoms. The van der Waals surface area contributed by atoms with Crippen molar-refractivity contribution in [3.63, 3.8) is 0 Å². The van der Waals surface area contributed by atoms with Gasteiger partial charge in [0.1, 0.15) is 5.82 Å². The number of halogens is 1. The zero-order valence-electron chi connectivity index (χ0n) is 11.8. The van der Waals surface area contributed by atoms with Gasteiger partial charge in [-0.25, -0.2) is 4.39 Å². The van der Waals surface area contributed by atoms with E-state index in [1.165, 1.54) is 17.0 Å². The SMILES string of the molecule is Cc1ccc(F)cc1C(N)c1ccc(C(C)(C)C)s1. The molecule has 0 saturated carbocycles. The fourth-order valence-corrected chi connectivity index (χ4v) is 3.11. The van der Waals surface area contributed by atoms with Crippen molar-refractivity contribution in [3.05, 3.63) is 57.0 Å². The van der Waals surface area contributed by atoms with E-state index >= 15 is 0 Å². The van der Waals surface area contributed by atoms with E-state index in [1.54, 1.807) is 17.4 Å². The Morgan fingerprint density at radius 3 is 2.42 bits per heavy atom. The summed E-state index contributed by atoms with van der Waals surface area (Å²) in [6.07, 6.45) is 0. The molecule has 1 unspecified atom stereocenters. The minimum Gasteiger partial charge on any atom is -0.320 e. The number of hydrogen-bond acceptors (Lipinski definition) is 2. The number of nitrogens with two attached hydrogens (primary N) is 1. The molecule has 0 spiro atoms. The van der Waals surface area contributed by atoms with Gasteiger partial charge in [-0.1, -0.05) is 26.8 Å². The molecule has 2 N–H and O–H groups in total. The summed E-state index contributed by atoms with van der Waals surface area (Å²) in [5, 5.41) is 0. The largest absolute Gasteiger partial charge is 0.320 e. The molecule has 2 aromatic rings. The second-order valence-corrected chi connectivity index (χ2v) is 7.05. The fraction of sp³-hybridized carbons (Fsp3) is 0.375. The summed E-state index contributed by atoms with van der Waals surface area (Å²) >= 11 is 1.71. The third-order valence-electron chi connectivity index (χ3n) is 3.25. The zero-order valence-corrected chi connectivity index (χ0v) is 12.6. The second-order valence-electron chi connectivity index (χ2n) is 5.93. The van der Waals surface area contributed by atoms with Crippen LogP contribution in [0, 0.1) is 12.7 Å². The molecule has 0 aliphatic carbocycles. The van der Waals surface area contributed by atoms with Crippen LogP contribution in [0.15, 0.2) is 30.3 Å². The third-order valence-corrected chi connectivity index (χ3v) is 4.84. The van der Waals surface area contributed by atoms with Gasteiger partial charge in [-0.05, 0) is 47.7 Å². The van der Waals surface area contributed by atoms with Gasteiger partial charge >= 0.3 is 0 Å². The minimum absolute atomic E-state index is 0.125. The van der Waals surface area contributed by atoms with Gasteiger partial charge in [0, 0.05) is 9.75 Å². The molecule has 1 atom stereocenters. The molecule has 0 radical (unpaired) electrons. The van der Waals surface area contributed by atoms with Crippen molar-refractivity contribution >= 4 is 11.3 Å². The van der Waals surface area contributed by atoms with Crippen molar-refractivity contribution in [1.29, 1.82) is 0 Å². The average Bonchev–Trinajstić information content (AvgIpc) is 2.80. The highest BCUT2D eigenvalue weighted by Crippen LogP contribution is 2.34. The molecule has 1 aromatic heterocycles. The molecule has 2 rings (SSSR count). The lowest BCUT2D eigenvalue weighted by Crippen LogP contribution is -2.12. The molecule has 0 aliphatic heterocycles. The number of thiophene rings is 1. The lowest BCUT2D eigenvalue weighted by molar-refractivity contribution is 0.604. The smallest absolute Gasteiger partial charge is 0.123 e. The number of benzene rings is 1. The Hall–Kier alpha value is -1.19. The first-order valence-electron chi connectivity index (χ1n) is 6.41. The molecule has 1 heterocycles. The van der Waals surface area contributed by atoms with E-state index in [9.17, 15) is 4.39 Å². The van der Waals surface area contributed by atoms with Crippen LogP contribution in [0.4, 0.5) is 4.39 Å². The number of hydrogen-bond donors (Lipinski definition) is 1. The van der Waals surface area contributed by atoms with Crippen molar-refractivity contribution < 1.29 is 4.39 Å². The lowest BCUT2D eigenvalue weighted by Gasteiger charge is -2.16. The van der Waals surface area contributed by atoms with Gasteiger partial charge in [-0.15, -0.1) is 11.3 Å². The van der Waals surface area contributed by atoms with Crippen LogP contribution in [-0.4, -0.2) is 0 Å². The van der Waals surface area contributed by atoms with Gasteiger partial charge in [0.25, 0.3) is 0 Å². The van der Waals surface area contributed by atoms with E-state index in [4.69, 9.17) is 5.73 Å². The maximum absolute atomic E-state index is 13.4. The first-order valence-corrected chi connectivity index (χ1v) is 7.22. The monoisotopic (exact) mass is 277 g/mol. The molecule has 102 valence electrons. The Balaban J connectivity index is 2.36. The van der Waals surface area contributed by atoms with E-state index in [2.05, 4.69) is 32.9 Å². The van der Waals surface area contributed by atoms with E-state index in [0.717, 1.165) is 16.0 Å². The fourth-order valence-electron chi connectivity index (χ4n) is 2.02. The van der Waals surface area contributed by atoms with Crippen LogP contribution in [-0.2, 0) is 5.41 Å². The summed E-state index contributed by atoms with van der Waals surface area (Å²) in [6.45, 7) is 8.51. The van der Waals surface area contributed by atoms with Crippen LogP contribution >= 0.6 is 11.3 Å². The topological polar surface area (TPSA) is 26.0 Å². The first kappa shape index (κ1) is 14.2.